The van der Waals surface area contributed by atoms with Crippen LogP contribution < -0.4 is 5.73 Å². The number of hydrogen-bond donors (Lipinski definition) is 1. The van der Waals surface area contributed by atoms with Crippen molar-refractivity contribution in [2.75, 3.05) is 0 Å². The van der Waals surface area contributed by atoms with Crippen molar-refractivity contribution >= 4 is 5.78 Å². The van der Waals surface area contributed by atoms with Gasteiger partial charge >= 0.3 is 0 Å². The molecule has 0 aliphatic rings. The zero-order valence-electron chi connectivity index (χ0n) is 10.1. The SMILES string of the molecule is CC(C)CC(=O)CCC(N)c1ccccc1. The van der Waals surface area contributed by atoms with E-state index in [-0.39, 0.29) is 6.04 Å². The fraction of sp³-hybridized carbons (Fsp3) is 0.500. The molecule has 2 heteroatoms. The van der Waals surface area contributed by atoms with Crippen LogP contribution >= 0.6 is 0 Å². The number of hydrogen-bond acceptors (Lipinski definition) is 2. The smallest absolute Gasteiger partial charge is 0.133 e. The zero-order chi connectivity index (χ0) is 12.0. The minimum absolute atomic E-state index is 0.0164. The molecule has 0 spiro atoms. The summed E-state index contributed by atoms with van der Waals surface area (Å²) in [7, 11) is 0. The molecule has 1 rings (SSSR count). The molecule has 0 aliphatic carbocycles. The number of rotatable bonds is 6. The van der Waals surface area contributed by atoms with Gasteiger partial charge in [-0.3, -0.25) is 4.79 Å². The van der Waals surface area contributed by atoms with Crippen molar-refractivity contribution in [1.82, 2.24) is 0 Å². The summed E-state index contributed by atoms with van der Waals surface area (Å²) < 4.78 is 0. The molecule has 0 fully saturated rings. The van der Waals surface area contributed by atoms with Crippen LogP contribution in [-0.2, 0) is 4.79 Å². The fourth-order valence-electron chi connectivity index (χ4n) is 1.74. The second kappa shape index (κ2) is 6.44. The van der Waals surface area contributed by atoms with E-state index in [1.165, 1.54) is 0 Å². The molecule has 0 saturated heterocycles. The van der Waals surface area contributed by atoms with Crippen LogP contribution in [0.4, 0.5) is 0 Å². The van der Waals surface area contributed by atoms with Gasteiger partial charge in [0.2, 0.25) is 0 Å². The second-order valence-electron chi connectivity index (χ2n) is 4.69. The third-order valence-corrected chi connectivity index (χ3v) is 2.60. The standard InChI is InChI=1S/C14H21NO/c1-11(2)10-13(16)8-9-14(15)12-6-4-3-5-7-12/h3-7,11,14H,8-10,15H2,1-2H3. The van der Waals surface area contributed by atoms with E-state index in [0.29, 0.717) is 24.5 Å². The van der Waals surface area contributed by atoms with Crippen molar-refractivity contribution in [2.45, 2.75) is 39.2 Å². The minimum atomic E-state index is -0.0164. The molecule has 1 aromatic rings. The predicted octanol–water partition coefficient (Wildman–Crippen LogP) is 3.08. The molecule has 0 aliphatic heterocycles. The van der Waals surface area contributed by atoms with E-state index in [9.17, 15) is 4.79 Å². The maximum absolute atomic E-state index is 11.5. The average Bonchev–Trinajstić information content (AvgIpc) is 2.26. The first-order valence-corrected chi connectivity index (χ1v) is 5.92. The van der Waals surface area contributed by atoms with Gasteiger partial charge in [-0.15, -0.1) is 0 Å². The Morgan fingerprint density at radius 3 is 2.44 bits per heavy atom. The number of ketones is 1. The summed E-state index contributed by atoms with van der Waals surface area (Å²) in [4.78, 5) is 11.5. The van der Waals surface area contributed by atoms with Gasteiger partial charge in [-0.05, 0) is 17.9 Å². The highest BCUT2D eigenvalue weighted by Gasteiger charge is 2.09. The molecule has 0 aromatic heterocycles. The Morgan fingerprint density at radius 1 is 1.25 bits per heavy atom. The van der Waals surface area contributed by atoms with Crippen molar-refractivity contribution in [1.29, 1.82) is 0 Å². The summed E-state index contributed by atoms with van der Waals surface area (Å²) in [6, 6.07) is 9.93. The topological polar surface area (TPSA) is 43.1 Å². The number of carbonyl (C=O) groups excluding carboxylic acids is 1. The quantitative estimate of drug-likeness (QED) is 0.799. The van der Waals surface area contributed by atoms with Gasteiger partial charge in [-0.2, -0.15) is 0 Å². The Hall–Kier alpha value is -1.15. The van der Waals surface area contributed by atoms with Crippen LogP contribution in [0.15, 0.2) is 30.3 Å². The van der Waals surface area contributed by atoms with Gasteiger partial charge in [0.1, 0.15) is 5.78 Å². The molecule has 0 radical (unpaired) electrons. The number of carbonyl (C=O) groups is 1. The molecular weight excluding hydrogens is 198 g/mol. The molecule has 16 heavy (non-hydrogen) atoms. The zero-order valence-corrected chi connectivity index (χ0v) is 10.1. The van der Waals surface area contributed by atoms with E-state index in [4.69, 9.17) is 5.73 Å². The van der Waals surface area contributed by atoms with Gasteiger partial charge in [0.25, 0.3) is 0 Å². The van der Waals surface area contributed by atoms with Crippen LogP contribution in [0.1, 0.15) is 44.7 Å². The van der Waals surface area contributed by atoms with Crippen molar-refractivity contribution in [3.05, 3.63) is 35.9 Å². The molecule has 0 saturated carbocycles. The lowest BCUT2D eigenvalue weighted by atomic mass is 9.98. The third kappa shape index (κ3) is 4.58. The monoisotopic (exact) mass is 219 g/mol. The Balaban J connectivity index is 2.36. The molecule has 88 valence electrons. The highest BCUT2D eigenvalue weighted by Crippen LogP contribution is 2.16. The number of nitrogens with two attached hydrogens (primary N) is 1. The summed E-state index contributed by atoms with van der Waals surface area (Å²) in [5, 5.41) is 0. The molecule has 1 aromatic carbocycles. The molecule has 0 bridgehead atoms. The van der Waals surface area contributed by atoms with Gasteiger partial charge in [0.05, 0.1) is 0 Å². The number of benzene rings is 1. The van der Waals surface area contributed by atoms with Gasteiger partial charge in [0.15, 0.2) is 0 Å². The van der Waals surface area contributed by atoms with Crippen LogP contribution in [0.3, 0.4) is 0 Å². The molecule has 1 unspecified atom stereocenters. The Kier molecular flexibility index (Phi) is 5.20. The van der Waals surface area contributed by atoms with Crippen LogP contribution in [0.25, 0.3) is 0 Å². The first-order valence-electron chi connectivity index (χ1n) is 5.92. The van der Waals surface area contributed by atoms with Crippen molar-refractivity contribution in [2.24, 2.45) is 11.7 Å². The summed E-state index contributed by atoms with van der Waals surface area (Å²) in [6.07, 6.45) is 2.01. The van der Waals surface area contributed by atoms with E-state index in [2.05, 4.69) is 13.8 Å². The summed E-state index contributed by atoms with van der Waals surface area (Å²) in [6.45, 7) is 4.13. The minimum Gasteiger partial charge on any atom is -0.324 e. The third-order valence-electron chi connectivity index (χ3n) is 2.60. The summed E-state index contributed by atoms with van der Waals surface area (Å²) >= 11 is 0. The predicted molar refractivity (Wildman–Crippen MR) is 67.1 cm³/mol. The van der Waals surface area contributed by atoms with Gasteiger partial charge < -0.3 is 5.73 Å². The largest absolute Gasteiger partial charge is 0.324 e. The van der Waals surface area contributed by atoms with E-state index in [1.54, 1.807) is 0 Å². The Bertz CT molecular complexity index is 319. The lowest BCUT2D eigenvalue weighted by Crippen LogP contribution is -2.13. The van der Waals surface area contributed by atoms with Crippen molar-refractivity contribution < 1.29 is 4.79 Å². The van der Waals surface area contributed by atoms with Crippen LogP contribution in [0, 0.1) is 5.92 Å². The molecule has 2 nitrogen and oxygen atoms in total. The first-order chi connectivity index (χ1) is 7.59. The highest BCUT2D eigenvalue weighted by molar-refractivity contribution is 5.78. The highest BCUT2D eigenvalue weighted by atomic mass is 16.1. The fourth-order valence-corrected chi connectivity index (χ4v) is 1.74. The van der Waals surface area contributed by atoms with E-state index >= 15 is 0 Å². The Labute approximate surface area is 97.9 Å². The van der Waals surface area contributed by atoms with Crippen molar-refractivity contribution in [3.8, 4) is 0 Å². The molecule has 0 amide bonds. The van der Waals surface area contributed by atoms with Crippen molar-refractivity contribution in [3.63, 3.8) is 0 Å². The first kappa shape index (κ1) is 12.9. The van der Waals surface area contributed by atoms with Crippen LogP contribution in [0.2, 0.25) is 0 Å². The maximum atomic E-state index is 11.5. The van der Waals surface area contributed by atoms with Gasteiger partial charge in [0, 0.05) is 18.9 Å². The summed E-state index contributed by atoms with van der Waals surface area (Å²) in [5.74, 6) is 0.766. The van der Waals surface area contributed by atoms with E-state index in [0.717, 1.165) is 12.0 Å². The molecule has 0 heterocycles. The average molecular weight is 219 g/mol. The molecule has 1 atom stereocenters. The van der Waals surface area contributed by atoms with Gasteiger partial charge in [-0.1, -0.05) is 44.2 Å². The Morgan fingerprint density at radius 2 is 1.88 bits per heavy atom. The lowest BCUT2D eigenvalue weighted by molar-refractivity contribution is -0.119. The van der Waals surface area contributed by atoms with E-state index < -0.39 is 0 Å². The summed E-state index contributed by atoms with van der Waals surface area (Å²) in [5.41, 5.74) is 7.13. The number of Topliss-reactive ketones (excluding diaryl/α,β-unsaturated/α-hetero) is 1. The second-order valence-corrected chi connectivity index (χ2v) is 4.69. The molecular formula is C14H21NO. The van der Waals surface area contributed by atoms with Crippen LogP contribution in [0.5, 0.6) is 0 Å². The lowest BCUT2D eigenvalue weighted by Gasteiger charge is -2.11. The normalized spacial score (nSPS) is 12.8. The molecule has 2 N–H and O–H groups in total. The maximum Gasteiger partial charge on any atom is 0.133 e. The van der Waals surface area contributed by atoms with Gasteiger partial charge in [-0.25, -0.2) is 0 Å². The van der Waals surface area contributed by atoms with Crippen LogP contribution in [-0.4, -0.2) is 5.78 Å². The van der Waals surface area contributed by atoms with E-state index in [1.807, 2.05) is 30.3 Å².